The molecular formula is C52H31BO2. The molecule has 0 N–H and O–H groups in total. The van der Waals surface area contributed by atoms with Crippen LogP contribution in [0.4, 0.5) is 0 Å². The molecule has 0 atom stereocenters. The minimum atomic E-state index is -0.130. The first kappa shape index (κ1) is 30.4. The largest absolute Gasteiger partial charge is 0.458 e. The minimum absolute atomic E-state index is 0.130. The van der Waals surface area contributed by atoms with Gasteiger partial charge in [-0.15, -0.1) is 0 Å². The van der Waals surface area contributed by atoms with Crippen molar-refractivity contribution in [2.24, 2.45) is 0 Å². The highest BCUT2D eigenvalue weighted by atomic mass is 16.5. The fraction of sp³-hybridized carbons (Fsp3) is 0. The molecule has 0 amide bonds. The Kier molecular flexibility index (Phi) is 6.46. The molecule has 2 aliphatic rings. The molecule has 254 valence electrons. The predicted molar refractivity (Wildman–Crippen MR) is 230 cm³/mol. The van der Waals surface area contributed by atoms with E-state index >= 15 is 0 Å². The fourth-order valence-corrected chi connectivity index (χ4v) is 9.35. The molecule has 0 radical (unpaired) electrons. The van der Waals surface area contributed by atoms with Crippen molar-refractivity contribution in [1.29, 1.82) is 0 Å². The number of hydrogen-bond donors (Lipinski definition) is 0. The standard InChI is InChI=1S/C52H31BO2/c1-3-15-32(16-4-1)48-41-25-13-9-21-36(41)28-43-51(48)54-45-30-38(47-39-23-11-7-19-34(39)27-35-20-8-12-24-40(35)47)31-46-50(45)53(43)44-29-37-22-10-14-26-42(37)49(52(44)55-46)33-17-5-2-6-18-33/h1-31H. The summed E-state index contributed by atoms with van der Waals surface area (Å²) >= 11 is 0. The summed E-state index contributed by atoms with van der Waals surface area (Å²) in [5, 5.41) is 9.51. The van der Waals surface area contributed by atoms with E-state index < -0.39 is 0 Å². The van der Waals surface area contributed by atoms with Gasteiger partial charge < -0.3 is 9.47 Å². The normalized spacial score (nSPS) is 12.6. The minimum Gasteiger partial charge on any atom is -0.458 e. The molecule has 55 heavy (non-hydrogen) atoms. The van der Waals surface area contributed by atoms with E-state index in [1.54, 1.807) is 0 Å². The van der Waals surface area contributed by atoms with Crippen molar-refractivity contribution in [2.45, 2.75) is 0 Å². The third kappa shape index (κ3) is 4.50. The van der Waals surface area contributed by atoms with Crippen molar-refractivity contribution < 1.29 is 9.47 Å². The van der Waals surface area contributed by atoms with Crippen LogP contribution in [0.2, 0.25) is 0 Å². The van der Waals surface area contributed by atoms with Crippen LogP contribution in [0.3, 0.4) is 0 Å². The molecule has 0 unspecified atom stereocenters. The van der Waals surface area contributed by atoms with E-state index in [0.29, 0.717) is 0 Å². The molecule has 3 heteroatoms. The van der Waals surface area contributed by atoms with E-state index in [4.69, 9.17) is 9.47 Å². The van der Waals surface area contributed by atoms with Crippen LogP contribution >= 0.6 is 0 Å². The summed E-state index contributed by atoms with van der Waals surface area (Å²) in [6.45, 7) is -0.130. The van der Waals surface area contributed by atoms with E-state index in [2.05, 4.69) is 188 Å². The molecule has 10 aromatic rings. The molecule has 0 aliphatic carbocycles. The molecule has 0 aromatic heterocycles. The van der Waals surface area contributed by atoms with Gasteiger partial charge in [-0.2, -0.15) is 0 Å². The Morgan fingerprint density at radius 1 is 0.309 bits per heavy atom. The molecule has 0 fully saturated rings. The Labute approximate surface area is 318 Å². The van der Waals surface area contributed by atoms with Crippen molar-refractivity contribution in [3.05, 3.63) is 188 Å². The van der Waals surface area contributed by atoms with E-state index in [0.717, 1.165) is 67.2 Å². The highest BCUT2D eigenvalue weighted by molar-refractivity contribution is 6.98. The topological polar surface area (TPSA) is 18.5 Å². The molecule has 2 nitrogen and oxygen atoms in total. The predicted octanol–water partition coefficient (Wildman–Crippen LogP) is 12.0. The first-order valence-corrected chi connectivity index (χ1v) is 19.0. The second kappa shape index (κ2) is 11.7. The van der Waals surface area contributed by atoms with Crippen molar-refractivity contribution in [3.8, 4) is 56.4 Å². The molecule has 10 aromatic carbocycles. The Balaban J connectivity index is 1.23. The number of benzene rings is 10. The molecule has 12 rings (SSSR count). The lowest BCUT2D eigenvalue weighted by atomic mass is 9.34. The van der Waals surface area contributed by atoms with Gasteiger partial charge in [-0.25, -0.2) is 0 Å². The molecule has 0 saturated carbocycles. The summed E-state index contributed by atoms with van der Waals surface area (Å²) in [6, 6.07) is 67.7. The van der Waals surface area contributed by atoms with Crippen molar-refractivity contribution in [3.63, 3.8) is 0 Å². The zero-order valence-corrected chi connectivity index (χ0v) is 29.8. The van der Waals surface area contributed by atoms with Gasteiger partial charge in [-0.05, 0) is 94.5 Å². The monoisotopic (exact) mass is 698 g/mol. The smallest absolute Gasteiger partial charge is 0.260 e. The molecule has 0 saturated heterocycles. The summed E-state index contributed by atoms with van der Waals surface area (Å²) < 4.78 is 14.7. The summed E-state index contributed by atoms with van der Waals surface area (Å²) in [5.74, 6) is 3.45. The van der Waals surface area contributed by atoms with Gasteiger partial charge in [0.25, 0.3) is 6.71 Å². The van der Waals surface area contributed by atoms with Crippen LogP contribution in [0.15, 0.2) is 188 Å². The van der Waals surface area contributed by atoms with Gasteiger partial charge in [0.2, 0.25) is 0 Å². The second-order valence-corrected chi connectivity index (χ2v) is 14.7. The van der Waals surface area contributed by atoms with Gasteiger partial charge in [0.15, 0.2) is 0 Å². The lowest BCUT2D eigenvalue weighted by molar-refractivity contribution is 0.467. The van der Waals surface area contributed by atoms with E-state index in [1.165, 1.54) is 48.7 Å². The van der Waals surface area contributed by atoms with Gasteiger partial charge in [0.1, 0.15) is 23.0 Å². The Bertz CT molecular complexity index is 3000. The maximum absolute atomic E-state index is 7.34. The van der Waals surface area contributed by atoms with Crippen LogP contribution in [0, 0.1) is 0 Å². The molecular weight excluding hydrogens is 667 g/mol. The Hall–Kier alpha value is -7.10. The number of ether oxygens (including phenoxy) is 2. The third-order valence-corrected chi connectivity index (χ3v) is 11.7. The lowest BCUT2D eigenvalue weighted by Gasteiger charge is -2.36. The lowest BCUT2D eigenvalue weighted by Crippen LogP contribution is -2.57. The molecule has 2 heterocycles. The van der Waals surface area contributed by atoms with E-state index in [-0.39, 0.29) is 6.71 Å². The molecule has 0 spiro atoms. The average Bonchev–Trinajstić information content (AvgIpc) is 3.24. The summed E-state index contributed by atoms with van der Waals surface area (Å²) in [4.78, 5) is 0. The summed E-state index contributed by atoms with van der Waals surface area (Å²) in [5.41, 5.74) is 10.1. The second-order valence-electron chi connectivity index (χ2n) is 14.7. The van der Waals surface area contributed by atoms with Gasteiger partial charge in [0.05, 0.1) is 0 Å². The van der Waals surface area contributed by atoms with E-state index in [9.17, 15) is 0 Å². The maximum Gasteiger partial charge on any atom is 0.260 e. The summed E-state index contributed by atoms with van der Waals surface area (Å²) in [6.07, 6.45) is 0. The molecule has 2 aliphatic heterocycles. The molecule has 0 bridgehead atoms. The van der Waals surface area contributed by atoms with Crippen LogP contribution in [0.25, 0.3) is 76.5 Å². The number of rotatable bonds is 3. The number of hydrogen-bond acceptors (Lipinski definition) is 2. The zero-order valence-electron chi connectivity index (χ0n) is 29.8. The van der Waals surface area contributed by atoms with Gasteiger partial charge >= 0.3 is 0 Å². The van der Waals surface area contributed by atoms with Crippen molar-refractivity contribution in [1.82, 2.24) is 0 Å². The van der Waals surface area contributed by atoms with Crippen LogP contribution in [0.5, 0.6) is 23.0 Å². The highest BCUT2D eigenvalue weighted by Crippen LogP contribution is 2.48. The Morgan fingerprint density at radius 3 is 1.11 bits per heavy atom. The highest BCUT2D eigenvalue weighted by Gasteiger charge is 2.43. The Morgan fingerprint density at radius 2 is 0.673 bits per heavy atom. The quantitative estimate of drug-likeness (QED) is 0.135. The van der Waals surface area contributed by atoms with Crippen LogP contribution in [-0.4, -0.2) is 6.71 Å². The van der Waals surface area contributed by atoms with Crippen molar-refractivity contribution in [2.75, 3.05) is 0 Å². The van der Waals surface area contributed by atoms with Crippen LogP contribution < -0.4 is 25.9 Å². The first-order chi connectivity index (χ1) is 27.3. The van der Waals surface area contributed by atoms with Gasteiger partial charge in [-0.1, -0.05) is 170 Å². The summed E-state index contributed by atoms with van der Waals surface area (Å²) in [7, 11) is 0. The van der Waals surface area contributed by atoms with E-state index in [1.807, 2.05) is 0 Å². The van der Waals surface area contributed by atoms with Crippen molar-refractivity contribution >= 4 is 66.2 Å². The maximum atomic E-state index is 7.34. The fourth-order valence-electron chi connectivity index (χ4n) is 9.35. The first-order valence-electron chi connectivity index (χ1n) is 19.0. The van der Waals surface area contributed by atoms with Crippen LogP contribution in [0.1, 0.15) is 0 Å². The van der Waals surface area contributed by atoms with Gasteiger partial charge in [0, 0.05) is 16.6 Å². The number of fused-ring (bicyclic) bond motifs is 8. The SMILES string of the molecule is c1ccc(-c2c3c(cc4ccccc24)B2c4cc5ccccc5c(-c5ccccc5)c4Oc4cc(-c5c6ccccc6cc6ccccc56)cc(c42)O3)cc1. The zero-order chi connectivity index (χ0) is 36.0. The van der Waals surface area contributed by atoms with Crippen LogP contribution in [-0.2, 0) is 0 Å². The average molecular weight is 699 g/mol. The third-order valence-electron chi connectivity index (χ3n) is 11.7. The van der Waals surface area contributed by atoms with Gasteiger partial charge in [-0.3, -0.25) is 0 Å².